The van der Waals surface area contributed by atoms with Gasteiger partial charge in [-0.25, -0.2) is 9.97 Å². The van der Waals surface area contributed by atoms with Crippen LogP contribution in [0.5, 0.6) is 0 Å². The van der Waals surface area contributed by atoms with Gasteiger partial charge < -0.3 is 9.97 Å². The van der Waals surface area contributed by atoms with Crippen molar-refractivity contribution in [2.24, 2.45) is 0 Å². The largest absolute Gasteiger partial charge is 0.354 e. The molecule has 218 valence electrons. The minimum Gasteiger partial charge on any atom is -0.354 e. The maximum absolute atomic E-state index is 5.20. The smallest absolute Gasteiger partial charge is 0.0801 e. The molecule has 46 heavy (non-hydrogen) atoms. The predicted molar refractivity (Wildman–Crippen MR) is 200 cm³/mol. The lowest BCUT2D eigenvalue weighted by Crippen LogP contribution is -1.88. The maximum atomic E-state index is 5.20. The summed E-state index contributed by atoms with van der Waals surface area (Å²) in [4.78, 5) is 17.8. The Morgan fingerprint density at radius 1 is 0.391 bits per heavy atom. The van der Waals surface area contributed by atoms with Crippen LogP contribution in [0.25, 0.3) is 90.2 Å². The van der Waals surface area contributed by atoms with E-state index < -0.39 is 0 Å². The second kappa shape index (κ2) is 10.8. The third-order valence-electron chi connectivity index (χ3n) is 8.74. The van der Waals surface area contributed by atoms with Gasteiger partial charge in [-0.1, -0.05) is 84.9 Å². The lowest BCUT2D eigenvalue weighted by atomic mass is 9.97. The van der Waals surface area contributed by atoms with Gasteiger partial charge in [-0.2, -0.15) is 0 Å². The molecule has 0 saturated carbocycles. The first-order valence-corrected chi connectivity index (χ1v) is 16.6. The Hall–Kier alpha value is -5.04. The van der Waals surface area contributed by atoms with E-state index >= 15 is 0 Å². The van der Waals surface area contributed by atoms with Crippen LogP contribution in [0, 0.1) is 0 Å². The summed E-state index contributed by atoms with van der Waals surface area (Å²) in [5.74, 6) is 0. The number of aromatic amines is 2. The lowest BCUT2D eigenvalue weighted by Gasteiger charge is -2.09. The van der Waals surface area contributed by atoms with Crippen LogP contribution in [0.3, 0.4) is 0 Å². The molecule has 6 heteroatoms. The van der Waals surface area contributed by atoms with E-state index in [1.54, 1.807) is 0 Å². The molecule has 5 heterocycles. The van der Waals surface area contributed by atoms with E-state index in [0.29, 0.717) is 0 Å². The van der Waals surface area contributed by atoms with Gasteiger partial charge in [0.15, 0.2) is 0 Å². The molecule has 2 aliphatic rings. The summed E-state index contributed by atoms with van der Waals surface area (Å²) in [7, 11) is 0. The van der Waals surface area contributed by atoms with Crippen molar-refractivity contribution in [1.82, 2.24) is 19.9 Å². The highest BCUT2D eigenvalue weighted by Gasteiger charge is 2.18. The van der Waals surface area contributed by atoms with Gasteiger partial charge >= 0.3 is 0 Å². The Morgan fingerprint density at radius 3 is 1.26 bits per heavy atom. The van der Waals surface area contributed by atoms with Crippen molar-refractivity contribution >= 4 is 99.8 Å². The second-order valence-electron chi connectivity index (χ2n) is 11.4. The molecular weight excluding hydrogens is 696 g/mol. The molecule has 4 nitrogen and oxygen atoms in total. The van der Waals surface area contributed by atoms with Crippen molar-refractivity contribution in [2.45, 2.75) is 0 Å². The average molecular weight is 720 g/mol. The zero-order valence-electron chi connectivity index (χ0n) is 24.4. The fourth-order valence-electron chi connectivity index (χ4n) is 6.59. The molecule has 0 amide bonds. The van der Waals surface area contributed by atoms with Crippen LogP contribution in [0.2, 0.25) is 0 Å². The van der Waals surface area contributed by atoms with Crippen LogP contribution in [0.4, 0.5) is 0 Å². The van der Waals surface area contributed by atoms with Crippen LogP contribution < -0.4 is 0 Å². The van der Waals surface area contributed by atoms with Gasteiger partial charge in [0.2, 0.25) is 0 Å². The topological polar surface area (TPSA) is 57.4 Å². The summed E-state index contributed by atoms with van der Waals surface area (Å²) < 4.78 is 1.79. The highest BCUT2D eigenvalue weighted by molar-refractivity contribution is 9.11. The van der Waals surface area contributed by atoms with Crippen LogP contribution in [0.15, 0.2) is 118 Å². The Balaban J connectivity index is 1.42. The lowest BCUT2D eigenvalue weighted by molar-refractivity contribution is 1.30. The van der Waals surface area contributed by atoms with Gasteiger partial charge in [0.05, 0.1) is 42.8 Å². The SMILES string of the molecule is Brc1c2nc(c(-c3cccc4ccccc34)c3ccc([nH]3)c(Br)c3nc(c(-c4cccc5ccccc45)c4ccc1[nH]4)C=C3)C=C2. The molecule has 0 unspecified atom stereocenters. The number of hydrogen-bond donors (Lipinski definition) is 2. The number of H-pyrrole nitrogens is 2. The third kappa shape index (κ3) is 4.40. The van der Waals surface area contributed by atoms with E-state index in [4.69, 9.17) is 9.97 Å². The Kier molecular flexibility index (Phi) is 6.40. The molecule has 3 aromatic heterocycles. The van der Waals surface area contributed by atoms with Crippen LogP contribution >= 0.6 is 31.9 Å². The highest BCUT2D eigenvalue weighted by Crippen LogP contribution is 2.39. The number of benzene rings is 4. The van der Waals surface area contributed by atoms with E-state index in [2.05, 4.69) is 175 Å². The van der Waals surface area contributed by atoms with Crippen molar-refractivity contribution in [2.75, 3.05) is 0 Å². The molecule has 9 rings (SSSR count). The number of nitrogens with zero attached hydrogens (tertiary/aromatic N) is 2. The Labute approximate surface area is 281 Å². The van der Waals surface area contributed by atoms with Gasteiger partial charge in [-0.3, -0.25) is 0 Å². The number of fused-ring (bicyclic) bond motifs is 10. The number of aromatic nitrogens is 4. The molecule has 0 fully saturated rings. The summed E-state index contributed by atoms with van der Waals surface area (Å²) in [5, 5.41) is 4.72. The monoisotopic (exact) mass is 718 g/mol. The first-order valence-electron chi connectivity index (χ1n) is 15.1. The molecule has 2 N–H and O–H groups in total. The molecule has 0 saturated heterocycles. The van der Waals surface area contributed by atoms with Gasteiger partial charge in [0, 0.05) is 22.2 Å². The van der Waals surface area contributed by atoms with E-state index in [0.717, 1.165) is 76.0 Å². The summed E-state index contributed by atoms with van der Waals surface area (Å²) in [6, 6.07) is 38.3. The van der Waals surface area contributed by atoms with E-state index in [-0.39, 0.29) is 0 Å². The molecule has 4 aromatic carbocycles. The minimum atomic E-state index is 0.855. The minimum absolute atomic E-state index is 0.855. The zero-order chi connectivity index (χ0) is 30.8. The van der Waals surface area contributed by atoms with E-state index in [9.17, 15) is 0 Å². The highest BCUT2D eigenvalue weighted by atomic mass is 79.9. The van der Waals surface area contributed by atoms with Crippen LogP contribution in [0.1, 0.15) is 22.8 Å². The summed E-state index contributed by atoms with van der Waals surface area (Å²) in [5.41, 5.74) is 11.7. The van der Waals surface area contributed by atoms with Crippen molar-refractivity contribution < 1.29 is 0 Å². The van der Waals surface area contributed by atoms with Crippen molar-refractivity contribution in [3.05, 3.63) is 141 Å². The molecule has 8 bridgehead atoms. The number of halogens is 2. The van der Waals surface area contributed by atoms with Gasteiger partial charge in [0.1, 0.15) is 0 Å². The fraction of sp³-hybridized carbons (Fsp3) is 0. The van der Waals surface area contributed by atoms with Crippen LogP contribution in [-0.2, 0) is 0 Å². The van der Waals surface area contributed by atoms with Crippen LogP contribution in [-0.4, -0.2) is 19.9 Å². The first-order chi connectivity index (χ1) is 22.6. The Bertz CT molecular complexity index is 2430. The van der Waals surface area contributed by atoms with Gasteiger partial charge in [-0.15, -0.1) is 0 Å². The first kappa shape index (κ1) is 27.3. The summed E-state index contributed by atoms with van der Waals surface area (Å²) in [6.07, 6.45) is 8.37. The standard InChI is InChI=1S/C40H24Br2N4/c41-39-33-19-15-29(43-33)37(27-13-5-9-23-7-1-3-11-25(23)27)30-16-20-34(44-30)40(42)36-22-18-32(46-36)38(31-17-21-35(39)45-31)28-14-6-10-24-8-2-4-12-26(24)28/h1-22,43,46H. The molecule has 0 radical (unpaired) electrons. The Morgan fingerprint density at radius 2 is 0.783 bits per heavy atom. The quantitative estimate of drug-likeness (QED) is 0.187. The van der Waals surface area contributed by atoms with E-state index in [1.165, 1.54) is 21.5 Å². The summed E-state index contributed by atoms with van der Waals surface area (Å²) in [6.45, 7) is 0. The predicted octanol–water partition coefficient (Wildman–Crippen LogP) is 11.8. The maximum Gasteiger partial charge on any atom is 0.0801 e. The van der Waals surface area contributed by atoms with E-state index in [1.807, 2.05) is 0 Å². The number of hydrogen-bond acceptors (Lipinski definition) is 2. The molecule has 0 atom stereocenters. The van der Waals surface area contributed by atoms with Crippen molar-refractivity contribution in [1.29, 1.82) is 0 Å². The summed E-state index contributed by atoms with van der Waals surface area (Å²) >= 11 is 7.82. The molecular formula is C40H24Br2N4. The molecule has 2 aliphatic heterocycles. The number of rotatable bonds is 2. The molecule has 0 aliphatic carbocycles. The van der Waals surface area contributed by atoms with Crippen molar-refractivity contribution in [3.8, 4) is 22.3 Å². The fourth-order valence-corrected chi connectivity index (χ4v) is 7.49. The number of nitrogens with one attached hydrogen (secondary N) is 2. The third-order valence-corrected chi connectivity index (χ3v) is 10.4. The average Bonchev–Trinajstić information content (AvgIpc) is 3.93. The van der Waals surface area contributed by atoms with Gasteiger partial charge in [0.25, 0.3) is 0 Å². The molecule has 7 aromatic rings. The molecule has 0 spiro atoms. The zero-order valence-corrected chi connectivity index (χ0v) is 27.5. The van der Waals surface area contributed by atoms with Crippen molar-refractivity contribution in [3.63, 3.8) is 0 Å². The van der Waals surface area contributed by atoms with Gasteiger partial charge in [-0.05, 0) is 113 Å². The second-order valence-corrected chi connectivity index (χ2v) is 13.0. The normalized spacial score (nSPS) is 12.4.